The predicted molar refractivity (Wildman–Crippen MR) is 106 cm³/mol. The molecule has 26 heavy (non-hydrogen) atoms. The maximum atomic E-state index is 5.95. The van der Waals surface area contributed by atoms with E-state index in [0.717, 1.165) is 27.8 Å². The van der Waals surface area contributed by atoms with Crippen LogP contribution >= 0.6 is 11.6 Å². The number of nitrogens with zero attached hydrogens (tertiary/aromatic N) is 3. The van der Waals surface area contributed by atoms with E-state index >= 15 is 0 Å². The smallest absolute Gasteiger partial charge is 0.161 e. The minimum atomic E-state index is 0.658. The van der Waals surface area contributed by atoms with Crippen molar-refractivity contribution in [3.63, 3.8) is 0 Å². The average Bonchev–Trinajstić information content (AvgIpc) is 2.70. The molecule has 5 nitrogen and oxygen atoms in total. The molecule has 0 aliphatic rings. The molecule has 128 valence electrons. The molecular weight excluding hydrogens is 346 g/mol. The van der Waals surface area contributed by atoms with Crippen LogP contribution in [0.3, 0.4) is 0 Å². The number of nitrogens with one attached hydrogen (secondary N) is 2. The molecule has 0 fully saturated rings. The van der Waals surface area contributed by atoms with Gasteiger partial charge in [-0.05, 0) is 42.0 Å². The van der Waals surface area contributed by atoms with Crippen molar-refractivity contribution in [3.05, 3.63) is 83.6 Å². The number of rotatable bonds is 5. The highest BCUT2D eigenvalue weighted by Gasteiger charge is 2.09. The molecule has 4 rings (SSSR count). The number of hydrogen-bond donors (Lipinski definition) is 2. The fraction of sp³-hybridized carbons (Fsp3) is 0.0500. The van der Waals surface area contributed by atoms with Crippen LogP contribution in [0.15, 0.2) is 73.1 Å². The second-order valence-corrected chi connectivity index (χ2v) is 6.22. The fourth-order valence-corrected chi connectivity index (χ4v) is 2.81. The fourth-order valence-electron chi connectivity index (χ4n) is 2.68. The Kier molecular flexibility index (Phi) is 4.62. The predicted octanol–water partition coefficient (Wildman–Crippen LogP) is 5.03. The van der Waals surface area contributed by atoms with E-state index in [4.69, 9.17) is 11.6 Å². The van der Waals surface area contributed by atoms with E-state index in [9.17, 15) is 0 Å². The van der Waals surface area contributed by atoms with Crippen molar-refractivity contribution >= 4 is 39.7 Å². The zero-order valence-corrected chi connectivity index (χ0v) is 14.6. The maximum absolute atomic E-state index is 5.95. The monoisotopic (exact) mass is 361 g/mol. The van der Waals surface area contributed by atoms with Gasteiger partial charge in [0.25, 0.3) is 0 Å². The Bertz CT molecular complexity index is 1020. The number of fused-ring (bicyclic) bond motifs is 1. The van der Waals surface area contributed by atoms with Gasteiger partial charge < -0.3 is 10.6 Å². The van der Waals surface area contributed by atoms with Crippen molar-refractivity contribution in [2.75, 3.05) is 10.6 Å². The van der Waals surface area contributed by atoms with Gasteiger partial charge in [0, 0.05) is 40.4 Å². The van der Waals surface area contributed by atoms with Gasteiger partial charge in [-0.15, -0.1) is 10.2 Å². The number of aromatic nitrogens is 3. The molecule has 2 aromatic carbocycles. The van der Waals surface area contributed by atoms with Crippen molar-refractivity contribution in [2.24, 2.45) is 0 Å². The van der Waals surface area contributed by atoms with Crippen LogP contribution < -0.4 is 10.6 Å². The molecule has 0 saturated carbocycles. The van der Waals surface area contributed by atoms with Crippen molar-refractivity contribution in [1.29, 1.82) is 0 Å². The highest BCUT2D eigenvalue weighted by atomic mass is 35.5. The quantitative estimate of drug-likeness (QED) is 0.521. The van der Waals surface area contributed by atoms with Gasteiger partial charge in [-0.2, -0.15) is 0 Å². The number of anilines is 3. The molecule has 0 aliphatic carbocycles. The van der Waals surface area contributed by atoms with Crippen LogP contribution in [0.5, 0.6) is 0 Å². The second-order valence-electron chi connectivity index (χ2n) is 5.78. The van der Waals surface area contributed by atoms with Crippen molar-refractivity contribution < 1.29 is 0 Å². The van der Waals surface area contributed by atoms with Crippen LogP contribution in [0.4, 0.5) is 17.3 Å². The van der Waals surface area contributed by atoms with E-state index in [2.05, 4.69) is 25.8 Å². The Hall–Kier alpha value is -3.18. The van der Waals surface area contributed by atoms with E-state index in [1.54, 1.807) is 12.4 Å². The molecule has 6 heteroatoms. The summed E-state index contributed by atoms with van der Waals surface area (Å²) < 4.78 is 0. The lowest BCUT2D eigenvalue weighted by Gasteiger charge is -2.12. The van der Waals surface area contributed by atoms with Gasteiger partial charge in [0.1, 0.15) is 0 Å². The molecule has 0 spiro atoms. The average molecular weight is 362 g/mol. The molecule has 0 unspecified atom stereocenters. The molecule has 4 aromatic rings. The summed E-state index contributed by atoms with van der Waals surface area (Å²) in [5.74, 6) is 1.46. The molecule has 2 heterocycles. The number of hydrogen-bond acceptors (Lipinski definition) is 5. The molecule has 0 atom stereocenters. The van der Waals surface area contributed by atoms with Crippen LogP contribution in [0.1, 0.15) is 5.56 Å². The number of pyridine rings is 1. The lowest BCUT2D eigenvalue weighted by molar-refractivity contribution is 1.02. The topological polar surface area (TPSA) is 62.7 Å². The largest absolute Gasteiger partial charge is 0.364 e. The molecule has 0 saturated heterocycles. The first kappa shape index (κ1) is 16.3. The minimum Gasteiger partial charge on any atom is -0.364 e. The summed E-state index contributed by atoms with van der Waals surface area (Å²) in [7, 11) is 0. The van der Waals surface area contributed by atoms with Crippen molar-refractivity contribution in [3.8, 4) is 0 Å². The Morgan fingerprint density at radius 2 is 1.42 bits per heavy atom. The Balaban J connectivity index is 1.63. The van der Waals surface area contributed by atoms with Crippen LogP contribution in [-0.2, 0) is 6.54 Å². The minimum absolute atomic E-state index is 0.658. The summed E-state index contributed by atoms with van der Waals surface area (Å²) in [6, 6.07) is 19.5. The Morgan fingerprint density at radius 3 is 2.15 bits per heavy atom. The van der Waals surface area contributed by atoms with Crippen molar-refractivity contribution in [1.82, 2.24) is 15.2 Å². The lowest BCUT2D eigenvalue weighted by Crippen LogP contribution is -2.05. The second kappa shape index (κ2) is 7.37. The third-order valence-electron chi connectivity index (χ3n) is 4.00. The summed E-state index contributed by atoms with van der Waals surface area (Å²) in [5.41, 5.74) is 2.04. The maximum Gasteiger partial charge on any atom is 0.161 e. The highest BCUT2D eigenvalue weighted by molar-refractivity contribution is 6.30. The van der Waals surface area contributed by atoms with Gasteiger partial charge in [-0.25, -0.2) is 0 Å². The zero-order chi connectivity index (χ0) is 17.8. The molecule has 0 bridgehead atoms. The summed E-state index contributed by atoms with van der Waals surface area (Å²) in [4.78, 5) is 4.03. The zero-order valence-electron chi connectivity index (χ0n) is 13.9. The first-order chi connectivity index (χ1) is 12.8. The molecule has 0 amide bonds. The van der Waals surface area contributed by atoms with Crippen LogP contribution in [0, 0.1) is 0 Å². The first-order valence-corrected chi connectivity index (χ1v) is 8.58. The van der Waals surface area contributed by atoms with Crippen LogP contribution in [0.25, 0.3) is 10.8 Å². The van der Waals surface area contributed by atoms with E-state index < -0.39 is 0 Å². The summed E-state index contributed by atoms with van der Waals surface area (Å²) in [5, 5.41) is 18.1. The van der Waals surface area contributed by atoms with Crippen molar-refractivity contribution in [2.45, 2.75) is 6.54 Å². The molecule has 0 radical (unpaired) electrons. The number of benzene rings is 2. The third-order valence-corrected chi connectivity index (χ3v) is 4.26. The number of halogens is 1. The SMILES string of the molecule is Clc1ccc(Nc2nnc(NCc3ccncc3)c3ccccc23)cc1. The van der Waals surface area contributed by atoms with Gasteiger partial charge in [0.2, 0.25) is 0 Å². The lowest BCUT2D eigenvalue weighted by atomic mass is 10.1. The van der Waals surface area contributed by atoms with E-state index in [-0.39, 0.29) is 0 Å². The normalized spacial score (nSPS) is 10.7. The van der Waals surface area contributed by atoms with Gasteiger partial charge in [0.05, 0.1) is 0 Å². The summed E-state index contributed by atoms with van der Waals surface area (Å²) in [6.07, 6.45) is 3.56. The standard InChI is InChI=1S/C20H16ClN5/c21-15-5-7-16(8-6-15)24-20-18-4-2-1-3-17(18)19(25-26-20)23-13-14-9-11-22-12-10-14/h1-12H,13H2,(H,23,25)(H,24,26). The molecule has 2 N–H and O–H groups in total. The third kappa shape index (κ3) is 3.58. The van der Waals surface area contributed by atoms with E-state index in [1.165, 1.54) is 0 Å². The molecule has 0 aliphatic heterocycles. The summed E-state index contributed by atoms with van der Waals surface area (Å²) in [6.45, 7) is 0.658. The summed E-state index contributed by atoms with van der Waals surface area (Å²) >= 11 is 5.95. The highest BCUT2D eigenvalue weighted by Crippen LogP contribution is 2.28. The van der Waals surface area contributed by atoms with Crippen LogP contribution in [-0.4, -0.2) is 15.2 Å². The van der Waals surface area contributed by atoms with Gasteiger partial charge in [-0.3, -0.25) is 4.98 Å². The van der Waals surface area contributed by atoms with Gasteiger partial charge in [0.15, 0.2) is 11.6 Å². The first-order valence-electron chi connectivity index (χ1n) is 8.20. The van der Waals surface area contributed by atoms with Gasteiger partial charge in [-0.1, -0.05) is 35.9 Å². The van der Waals surface area contributed by atoms with E-state index in [1.807, 2.05) is 60.7 Å². The Labute approximate surface area is 156 Å². The van der Waals surface area contributed by atoms with Gasteiger partial charge >= 0.3 is 0 Å². The molecular formula is C20H16ClN5. The van der Waals surface area contributed by atoms with Crippen LogP contribution in [0.2, 0.25) is 5.02 Å². The molecule has 2 aromatic heterocycles. The Morgan fingerprint density at radius 1 is 0.769 bits per heavy atom. The van der Waals surface area contributed by atoms with E-state index in [0.29, 0.717) is 17.4 Å².